The molecule has 0 aromatic rings. The lowest BCUT2D eigenvalue weighted by Crippen LogP contribution is -2.97. The van der Waals surface area contributed by atoms with Gasteiger partial charge in [0.1, 0.15) is 0 Å². The number of hydrogen-bond donors (Lipinski definition) is 0. The van der Waals surface area contributed by atoms with Crippen LogP contribution in [-0.4, -0.2) is 0 Å². The standard InChI is InChI=1S/C93H108/c1-12-9-17-11-18-10-13(2)22-31-27(18)38-26(17)30-21(12)32-41(30)51-49(38)52-42(31)33(22)44-54-65(52)76-64(51)53-43(32)55-66(53)77-86(76)78-67(54)56(44)69-75-62-48-37-24-15(4)20-8-6-16-5-7-19-14(3)23-34-39-28(19)25(16)29(20)40-35(24)46(37)58-63(50(39)40)57-45(34)36(23)47-59-70(57)81-71(58)60(48)73(62)83-89(81)82-72(59)61(47)74-68(55)79-84(74)90(82)93-91(83)85(75)80(69)88(78)92(93)87(77)79/h12-93H,5-11H2,1-4H3. The third kappa shape index (κ3) is 3.16. The molecular formula is C93H108. The van der Waals surface area contributed by atoms with Gasteiger partial charge in [-0.15, -0.1) is 0 Å². The first-order valence-corrected chi connectivity index (χ1v) is 46.1. The SMILES string of the molecule is CC1CC2CC3CC(C)C4C5C3C3C2C2C1C1C2C2C3C3C5C4C4C5C3C3C2C2C1C1C2C2C3C3C5C4C4C5C6C7C8C9C(C)C%10CCC%11CCC%12C(C)C%13C%14C%15C%12C%11C%10C%10C9C8C8C(C%15%10)C9C%14C%13C%10C%11C9C9C8C7C6C6C9C7C%11C%10C8C1C1C8C7C7C6C5C4C3C7C21. The topological polar surface area (TPSA) is 0 Å². The van der Waals surface area contributed by atoms with E-state index in [1.807, 2.05) is 0 Å². The molecule has 40 fully saturated rings. The van der Waals surface area contributed by atoms with Crippen LogP contribution in [0.5, 0.6) is 0 Å². The van der Waals surface area contributed by atoms with Crippen molar-refractivity contribution in [2.75, 3.05) is 0 Å². The van der Waals surface area contributed by atoms with Gasteiger partial charge in [-0.2, -0.15) is 0 Å². The molecule has 40 aliphatic carbocycles. The molecule has 480 valence electrons. The Morgan fingerprint density at radius 1 is 0.118 bits per heavy atom. The van der Waals surface area contributed by atoms with Crippen LogP contribution in [0.25, 0.3) is 0 Å². The van der Waals surface area contributed by atoms with Crippen LogP contribution in [0.1, 0.15) is 72.6 Å². The van der Waals surface area contributed by atoms with E-state index in [2.05, 4.69) is 27.7 Å². The molecule has 0 aromatic carbocycles. The van der Waals surface area contributed by atoms with Gasteiger partial charge in [-0.3, -0.25) is 0 Å². The third-order valence-corrected chi connectivity index (χ3v) is 56.9. The zero-order chi connectivity index (χ0) is 56.3. The highest BCUT2D eigenvalue weighted by molar-refractivity contribution is 5.48. The van der Waals surface area contributed by atoms with Gasteiger partial charge in [0.25, 0.3) is 0 Å². The lowest BCUT2D eigenvalue weighted by molar-refractivity contribution is -0.537. The zero-order valence-corrected chi connectivity index (χ0v) is 56.3. The molecule has 70 atom stereocenters. The van der Waals surface area contributed by atoms with Crippen molar-refractivity contribution >= 4 is 0 Å². The van der Waals surface area contributed by atoms with Crippen molar-refractivity contribution in [3.05, 3.63) is 0 Å². The minimum absolute atomic E-state index is 1.09. The van der Waals surface area contributed by atoms with Crippen LogP contribution < -0.4 is 0 Å². The maximum absolute atomic E-state index is 3.14. The minimum Gasteiger partial charge on any atom is -0.0622 e. The van der Waals surface area contributed by atoms with Crippen LogP contribution >= 0.6 is 0 Å². The molecule has 40 saturated carbocycles. The van der Waals surface area contributed by atoms with Crippen molar-refractivity contribution in [1.82, 2.24) is 0 Å². The second-order valence-corrected chi connectivity index (χ2v) is 51.3. The van der Waals surface area contributed by atoms with Crippen LogP contribution in [0.3, 0.4) is 0 Å². The normalized spacial score (nSPS) is 97.2. The highest BCUT2D eigenvalue weighted by atomic mass is 15.1. The summed E-state index contributed by atoms with van der Waals surface area (Å²) in [4.78, 5) is 0. The summed E-state index contributed by atoms with van der Waals surface area (Å²) in [7, 11) is 0. The van der Waals surface area contributed by atoms with Crippen molar-refractivity contribution in [3.8, 4) is 0 Å². The quantitative estimate of drug-likeness (QED) is 0.227. The van der Waals surface area contributed by atoms with E-state index in [-0.39, 0.29) is 0 Å². The van der Waals surface area contributed by atoms with Crippen molar-refractivity contribution < 1.29 is 0 Å². The van der Waals surface area contributed by atoms with Crippen LogP contribution in [-0.2, 0) is 0 Å². The van der Waals surface area contributed by atoms with E-state index in [4.69, 9.17) is 0 Å². The molecule has 0 bridgehead atoms. The summed E-state index contributed by atoms with van der Waals surface area (Å²) >= 11 is 0. The lowest BCUT2D eigenvalue weighted by atomic mass is 9.04. The number of fused-ring (bicyclic) bond motifs is 18. The fourth-order valence-corrected chi connectivity index (χ4v) is 62.1. The highest BCUT2D eigenvalue weighted by Crippen LogP contribution is 3.05. The summed E-state index contributed by atoms with van der Waals surface area (Å²) in [6.07, 6.45) is 12.2. The molecule has 0 amide bonds. The van der Waals surface area contributed by atoms with E-state index in [1.165, 1.54) is 462 Å². The number of rotatable bonds is 0. The largest absolute Gasteiger partial charge is 0.0622 e. The Morgan fingerprint density at radius 3 is 0.484 bits per heavy atom. The lowest BCUT2D eigenvalue weighted by Gasteiger charge is -3.00. The second kappa shape index (κ2) is 11.9. The van der Waals surface area contributed by atoms with Crippen LogP contribution in [0.2, 0.25) is 0 Å². The third-order valence-electron chi connectivity index (χ3n) is 56.9. The maximum atomic E-state index is 3.14. The summed E-state index contributed by atoms with van der Waals surface area (Å²) < 4.78 is 0. The maximum Gasteiger partial charge on any atom is -0.0312 e. The Labute approximate surface area is 554 Å². The van der Waals surface area contributed by atoms with Gasteiger partial charge in [0, 0.05) is 0 Å². The molecule has 0 radical (unpaired) electrons. The second-order valence-electron chi connectivity index (χ2n) is 51.3. The molecule has 0 N–H and O–H groups in total. The van der Waals surface area contributed by atoms with E-state index in [0.717, 1.165) is 23.7 Å². The summed E-state index contributed by atoms with van der Waals surface area (Å²) in [6, 6.07) is 0. The summed E-state index contributed by atoms with van der Waals surface area (Å²) in [5.74, 6) is 103. The molecular weight excluding hydrogens is 1120 g/mol. The van der Waals surface area contributed by atoms with Gasteiger partial charge in [0.05, 0.1) is 0 Å². The Morgan fingerprint density at radius 2 is 0.269 bits per heavy atom. The summed E-state index contributed by atoms with van der Waals surface area (Å²) in [5, 5.41) is 0. The minimum atomic E-state index is 1.09. The van der Waals surface area contributed by atoms with Crippen molar-refractivity contribution in [1.29, 1.82) is 0 Å². The summed E-state index contributed by atoms with van der Waals surface area (Å²) in [5.41, 5.74) is 0. The molecule has 0 aliphatic heterocycles. The van der Waals surface area contributed by atoms with Crippen molar-refractivity contribution in [2.45, 2.75) is 72.6 Å². The van der Waals surface area contributed by atoms with E-state index < -0.39 is 0 Å². The predicted octanol–water partition coefficient (Wildman–Crippen LogP) is 14.9. The monoisotopic (exact) mass is 1220 g/mol. The van der Waals surface area contributed by atoms with E-state index >= 15 is 0 Å². The van der Waals surface area contributed by atoms with E-state index in [0.29, 0.717) is 0 Å². The zero-order valence-electron chi connectivity index (χ0n) is 56.3. The number of hydrogen-bond acceptors (Lipinski definition) is 0. The molecule has 40 aliphatic rings. The molecule has 0 aromatic heterocycles. The van der Waals surface area contributed by atoms with Gasteiger partial charge in [-0.25, -0.2) is 0 Å². The first kappa shape index (κ1) is 45.2. The first-order chi connectivity index (χ1) is 46.1. The average molecular weight is 1230 g/mol. The molecule has 0 spiro atoms. The van der Waals surface area contributed by atoms with Gasteiger partial charge < -0.3 is 0 Å². The summed E-state index contributed by atoms with van der Waals surface area (Å²) in [6.45, 7) is 12.4. The van der Waals surface area contributed by atoms with Crippen LogP contribution in [0.15, 0.2) is 0 Å². The smallest absolute Gasteiger partial charge is 0.0312 e. The van der Waals surface area contributed by atoms with Gasteiger partial charge in [0.15, 0.2) is 0 Å². The molecule has 93 heavy (non-hydrogen) atoms. The van der Waals surface area contributed by atoms with E-state index in [9.17, 15) is 0 Å². The Balaban J connectivity index is 0.624. The van der Waals surface area contributed by atoms with Gasteiger partial charge in [0.2, 0.25) is 0 Å². The van der Waals surface area contributed by atoms with Crippen molar-refractivity contribution in [3.63, 3.8) is 0 Å². The molecule has 0 heteroatoms. The van der Waals surface area contributed by atoms with E-state index in [1.54, 1.807) is 44.9 Å². The highest BCUT2D eigenvalue weighted by Gasteiger charge is 3.02. The molecule has 0 saturated heterocycles. The Kier molecular flexibility index (Phi) is 5.78. The molecule has 40 rings (SSSR count). The Bertz CT molecular complexity index is 3800. The Hall–Kier alpha value is 0. The van der Waals surface area contributed by atoms with Crippen molar-refractivity contribution in [2.24, 2.45) is 485 Å². The predicted molar refractivity (Wildman–Crippen MR) is 341 cm³/mol. The van der Waals surface area contributed by atoms with Gasteiger partial charge >= 0.3 is 0 Å². The fourth-order valence-electron chi connectivity index (χ4n) is 62.1. The van der Waals surface area contributed by atoms with Crippen LogP contribution in [0, 0.1) is 485 Å². The first-order valence-electron chi connectivity index (χ1n) is 46.1. The molecule has 70 unspecified atom stereocenters. The van der Waals surface area contributed by atoms with Crippen LogP contribution in [0.4, 0.5) is 0 Å². The van der Waals surface area contributed by atoms with Gasteiger partial charge in [-0.1, -0.05) is 27.7 Å². The van der Waals surface area contributed by atoms with Gasteiger partial charge in [-0.05, 0) is 530 Å². The molecule has 0 nitrogen and oxygen atoms in total. The fraction of sp³-hybridized carbons (Fsp3) is 1.00. The average Bonchev–Trinajstić information content (AvgIpc) is 0.588. The molecule has 0 heterocycles.